The number of unbranched alkanes of at least 4 members (excludes halogenated alkanes) is 24. The van der Waals surface area contributed by atoms with E-state index in [9.17, 15) is 9.59 Å². The van der Waals surface area contributed by atoms with Gasteiger partial charge in [0.15, 0.2) is 0 Å². The second-order valence-electron chi connectivity index (χ2n) is 13.3. The lowest BCUT2D eigenvalue weighted by Gasteiger charge is -2.16. The van der Waals surface area contributed by atoms with Crippen molar-refractivity contribution in [1.82, 2.24) is 15.5 Å². The molecule has 0 saturated heterocycles. The summed E-state index contributed by atoms with van der Waals surface area (Å²) in [5.74, 6) is 0.390. The van der Waals surface area contributed by atoms with E-state index in [0.29, 0.717) is 12.8 Å². The molecule has 43 heavy (non-hydrogen) atoms. The molecule has 0 aromatic heterocycles. The monoisotopic (exact) mass is 608 g/mol. The van der Waals surface area contributed by atoms with Crippen molar-refractivity contribution >= 4 is 11.8 Å². The van der Waals surface area contributed by atoms with E-state index >= 15 is 0 Å². The van der Waals surface area contributed by atoms with E-state index in [1.165, 1.54) is 141 Å². The molecule has 2 N–H and O–H groups in total. The summed E-state index contributed by atoms with van der Waals surface area (Å²) in [5.41, 5.74) is 0. The topological polar surface area (TPSA) is 61.4 Å². The molecular formula is C38H77N3O2. The number of amides is 2. The fourth-order valence-electron chi connectivity index (χ4n) is 5.81. The molecule has 5 heteroatoms. The zero-order valence-electron chi connectivity index (χ0n) is 29.6. The molecule has 0 radical (unpaired) electrons. The molecular weight excluding hydrogens is 530 g/mol. The third-order valence-electron chi connectivity index (χ3n) is 8.87. The first-order chi connectivity index (χ1) is 21.1. The molecule has 0 rings (SSSR count). The first-order valence-corrected chi connectivity index (χ1v) is 19.3. The van der Waals surface area contributed by atoms with Crippen molar-refractivity contribution in [2.75, 3.05) is 33.2 Å². The standard InChI is InChI=1S/C38H77N3O2/c1-4-6-8-10-12-14-16-18-20-22-24-28-33-39-37(42)31-27-26-30-35-41(3)36-32-38(43)40-34-29-25-23-21-19-17-15-13-11-9-7-5-2/h4-36H2,1-3H3,(H,39,42)(H,40,43). The second-order valence-corrected chi connectivity index (χ2v) is 13.3. The van der Waals surface area contributed by atoms with Crippen molar-refractivity contribution in [2.24, 2.45) is 0 Å². The summed E-state index contributed by atoms with van der Waals surface area (Å²) in [4.78, 5) is 26.5. The highest BCUT2D eigenvalue weighted by atomic mass is 16.2. The Bertz CT molecular complexity index is 584. The normalized spacial score (nSPS) is 11.3. The van der Waals surface area contributed by atoms with Crippen molar-refractivity contribution < 1.29 is 9.59 Å². The third-order valence-corrected chi connectivity index (χ3v) is 8.87. The number of nitrogens with one attached hydrogen (secondary N) is 2. The number of nitrogens with zero attached hydrogens (tertiary/aromatic N) is 1. The summed E-state index contributed by atoms with van der Waals surface area (Å²) in [6.45, 7) is 8.01. The van der Waals surface area contributed by atoms with Gasteiger partial charge in [-0.2, -0.15) is 0 Å². The van der Waals surface area contributed by atoms with Gasteiger partial charge in [0.05, 0.1) is 0 Å². The highest BCUT2D eigenvalue weighted by molar-refractivity contribution is 5.76. The highest BCUT2D eigenvalue weighted by Crippen LogP contribution is 2.13. The molecule has 0 aromatic rings. The smallest absolute Gasteiger partial charge is 0.221 e. The zero-order valence-corrected chi connectivity index (χ0v) is 29.6. The summed E-state index contributed by atoms with van der Waals surface area (Å²) in [6, 6.07) is 0. The van der Waals surface area contributed by atoms with Gasteiger partial charge in [0, 0.05) is 32.5 Å². The lowest BCUT2D eigenvalue weighted by molar-refractivity contribution is -0.122. The molecule has 0 bridgehead atoms. The lowest BCUT2D eigenvalue weighted by Crippen LogP contribution is -2.30. The van der Waals surface area contributed by atoms with Crippen LogP contribution in [0.25, 0.3) is 0 Å². The van der Waals surface area contributed by atoms with Crippen molar-refractivity contribution in [2.45, 2.75) is 200 Å². The van der Waals surface area contributed by atoms with E-state index < -0.39 is 0 Å². The average Bonchev–Trinajstić information content (AvgIpc) is 3.00. The van der Waals surface area contributed by atoms with Gasteiger partial charge in [-0.3, -0.25) is 9.59 Å². The molecule has 256 valence electrons. The second kappa shape index (κ2) is 35.4. The van der Waals surface area contributed by atoms with Crippen LogP contribution >= 0.6 is 0 Å². The van der Waals surface area contributed by atoms with Crippen molar-refractivity contribution in [3.8, 4) is 0 Å². The number of hydrogen-bond donors (Lipinski definition) is 2. The fourth-order valence-corrected chi connectivity index (χ4v) is 5.81. The van der Waals surface area contributed by atoms with E-state index in [1.54, 1.807) is 0 Å². The van der Waals surface area contributed by atoms with Crippen LogP contribution in [0.5, 0.6) is 0 Å². The van der Waals surface area contributed by atoms with Crippen molar-refractivity contribution in [3.05, 3.63) is 0 Å². The number of carbonyl (C=O) groups excluding carboxylic acids is 2. The van der Waals surface area contributed by atoms with Gasteiger partial charge in [-0.05, 0) is 39.3 Å². The van der Waals surface area contributed by atoms with Gasteiger partial charge in [-0.15, -0.1) is 0 Å². The number of rotatable bonds is 35. The highest BCUT2D eigenvalue weighted by Gasteiger charge is 2.05. The van der Waals surface area contributed by atoms with Crippen molar-refractivity contribution in [1.29, 1.82) is 0 Å². The summed E-state index contributed by atoms with van der Waals surface area (Å²) >= 11 is 0. The van der Waals surface area contributed by atoms with Crippen LogP contribution < -0.4 is 10.6 Å². The van der Waals surface area contributed by atoms with Gasteiger partial charge in [0.25, 0.3) is 0 Å². The molecule has 0 atom stereocenters. The van der Waals surface area contributed by atoms with E-state index in [1.807, 2.05) is 0 Å². The van der Waals surface area contributed by atoms with Gasteiger partial charge in [0.1, 0.15) is 0 Å². The maximum absolute atomic E-state index is 12.2. The molecule has 0 spiro atoms. The Morgan fingerprint density at radius 1 is 0.395 bits per heavy atom. The van der Waals surface area contributed by atoms with E-state index in [0.717, 1.165) is 58.3 Å². The van der Waals surface area contributed by atoms with Gasteiger partial charge >= 0.3 is 0 Å². The maximum Gasteiger partial charge on any atom is 0.221 e. The van der Waals surface area contributed by atoms with E-state index in [4.69, 9.17) is 0 Å². The Morgan fingerprint density at radius 2 is 0.721 bits per heavy atom. The minimum absolute atomic E-state index is 0.180. The Morgan fingerprint density at radius 3 is 1.12 bits per heavy atom. The lowest BCUT2D eigenvalue weighted by atomic mass is 10.1. The minimum Gasteiger partial charge on any atom is -0.356 e. The van der Waals surface area contributed by atoms with Gasteiger partial charge < -0.3 is 15.5 Å². The van der Waals surface area contributed by atoms with Crippen LogP contribution in [0.3, 0.4) is 0 Å². The predicted molar refractivity (Wildman–Crippen MR) is 189 cm³/mol. The summed E-state index contributed by atoms with van der Waals surface area (Å²) in [6.07, 6.45) is 36.6. The van der Waals surface area contributed by atoms with Crippen LogP contribution in [0.4, 0.5) is 0 Å². The molecule has 0 aliphatic carbocycles. The molecule has 0 aliphatic rings. The van der Waals surface area contributed by atoms with Crippen LogP contribution in [0.15, 0.2) is 0 Å². The van der Waals surface area contributed by atoms with Gasteiger partial charge in [-0.25, -0.2) is 0 Å². The molecule has 0 saturated carbocycles. The largest absolute Gasteiger partial charge is 0.356 e. The van der Waals surface area contributed by atoms with Crippen LogP contribution in [0, 0.1) is 0 Å². The van der Waals surface area contributed by atoms with E-state index in [-0.39, 0.29) is 11.8 Å². The maximum atomic E-state index is 12.2. The van der Waals surface area contributed by atoms with Crippen LogP contribution in [0.2, 0.25) is 0 Å². The van der Waals surface area contributed by atoms with Crippen LogP contribution in [0.1, 0.15) is 200 Å². The first-order valence-electron chi connectivity index (χ1n) is 19.3. The molecule has 0 fully saturated rings. The average molecular weight is 608 g/mol. The summed E-state index contributed by atoms with van der Waals surface area (Å²) < 4.78 is 0. The Hall–Kier alpha value is -1.10. The molecule has 0 heterocycles. The Balaban J connectivity index is 3.36. The first kappa shape index (κ1) is 41.9. The van der Waals surface area contributed by atoms with Gasteiger partial charge in [0.2, 0.25) is 11.8 Å². The number of carbonyl (C=O) groups is 2. The molecule has 2 amide bonds. The predicted octanol–water partition coefficient (Wildman–Crippen LogP) is 10.5. The fraction of sp³-hybridized carbons (Fsp3) is 0.947. The summed E-state index contributed by atoms with van der Waals surface area (Å²) in [5, 5.41) is 6.20. The SMILES string of the molecule is CCCCCCCCCCCCCCNC(=O)CCCCCN(C)CCC(=O)NCCCCCCCCCCCCCC. The number of hydrogen-bond acceptors (Lipinski definition) is 3. The third kappa shape index (κ3) is 35.3. The zero-order chi connectivity index (χ0) is 31.5. The van der Waals surface area contributed by atoms with E-state index in [2.05, 4.69) is 36.4 Å². The van der Waals surface area contributed by atoms with Crippen molar-refractivity contribution in [3.63, 3.8) is 0 Å². The molecule has 0 aliphatic heterocycles. The summed E-state index contributed by atoms with van der Waals surface area (Å²) in [7, 11) is 2.10. The minimum atomic E-state index is 0.180. The molecule has 0 aromatic carbocycles. The Labute approximate surface area is 269 Å². The quantitative estimate of drug-likeness (QED) is 0.0705. The van der Waals surface area contributed by atoms with Gasteiger partial charge in [-0.1, -0.05) is 162 Å². The van der Waals surface area contributed by atoms with Crippen LogP contribution in [-0.2, 0) is 9.59 Å². The molecule has 5 nitrogen and oxygen atoms in total. The Kier molecular flexibility index (Phi) is 34.5. The van der Waals surface area contributed by atoms with Crippen LogP contribution in [-0.4, -0.2) is 49.9 Å². The molecule has 0 unspecified atom stereocenters.